The number of likely N-dealkylation sites (N-methyl/N-ethyl adjacent to an activating group) is 1. The Hall–Kier alpha value is -3.32. The van der Waals surface area contributed by atoms with Gasteiger partial charge in [0.25, 0.3) is 0 Å². The van der Waals surface area contributed by atoms with Crippen LogP contribution in [0, 0.1) is 0 Å². The van der Waals surface area contributed by atoms with Crippen molar-refractivity contribution < 1.29 is 19.2 Å². The molecule has 0 saturated carbocycles. The first kappa shape index (κ1) is 49.1. The predicted molar refractivity (Wildman–Crippen MR) is 202 cm³/mol. The number of amides is 4. The van der Waals surface area contributed by atoms with Crippen LogP contribution in [0.4, 0.5) is 0 Å². The van der Waals surface area contributed by atoms with E-state index in [2.05, 4.69) is 76.1 Å². The van der Waals surface area contributed by atoms with Crippen molar-refractivity contribution in [3.63, 3.8) is 0 Å². The third kappa shape index (κ3) is 38.9. The quantitative estimate of drug-likeness (QED) is 0.108. The highest BCUT2D eigenvalue weighted by Gasteiger charge is 2.08. The van der Waals surface area contributed by atoms with Crippen LogP contribution in [0.25, 0.3) is 0 Å². The number of rotatable bonds is 21. The fourth-order valence-electron chi connectivity index (χ4n) is 4.05. The first-order chi connectivity index (χ1) is 22.9. The Balaban J connectivity index is -0.000000568. The standard InChI is InChI=1S/C11H20N2O.C10H20N2O.C8H16N2O.C7H14N2O/c1-2-11(14)12-7-6-10-13-8-4-3-5-9-13;1-4-10(13)11-8-7-9-12(5-2)6-3;1-4-8(11)9-6-5-7-10(2)3;1-4-7(10)8-5-6-9(2)3/h2H,1,3-10H2,(H,12,14);4H,1,5-9H2,2-3H3,(H,11,13);4H,1,5-7H2,2-3H3,(H,9,11);4H,1,5-6H2,2-3H3,(H,8,10). The summed E-state index contributed by atoms with van der Waals surface area (Å²) in [6.07, 6.45) is 12.2. The molecule has 0 aromatic carbocycles. The molecule has 12 heteroatoms. The summed E-state index contributed by atoms with van der Waals surface area (Å²) >= 11 is 0. The Morgan fingerprint density at radius 2 is 0.938 bits per heavy atom. The molecule has 0 spiro atoms. The van der Waals surface area contributed by atoms with Crippen LogP contribution in [-0.2, 0) is 19.2 Å². The number of piperidine rings is 1. The summed E-state index contributed by atoms with van der Waals surface area (Å²) in [4.78, 5) is 51.6. The molecular weight excluding hydrogens is 608 g/mol. The maximum Gasteiger partial charge on any atom is 0.243 e. The Morgan fingerprint density at radius 1 is 0.562 bits per heavy atom. The summed E-state index contributed by atoms with van der Waals surface area (Å²) in [5.74, 6) is -0.353. The molecule has 0 radical (unpaired) electrons. The average Bonchev–Trinajstić information content (AvgIpc) is 3.09. The van der Waals surface area contributed by atoms with E-state index in [9.17, 15) is 19.2 Å². The van der Waals surface area contributed by atoms with E-state index in [1.807, 2.05) is 33.1 Å². The third-order valence-corrected chi connectivity index (χ3v) is 6.92. The molecule has 0 unspecified atom stereocenters. The van der Waals surface area contributed by atoms with Gasteiger partial charge in [-0.3, -0.25) is 19.2 Å². The minimum absolute atomic E-state index is 0.0661. The lowest BCUT2D eigenvalue weighted by Gasteiger charge is -2.26. The highest BCUT2D eigenvalue weighted by molar-refractivity contribution is 5.87. The van der Waals surface area contributed by atoms with Crippen molar-refractivity contribution >= 4 is 23.6 Å². The summed E-state index contributed by atoms with van der Waals surface area (Å²) in [5.41, 5.74) is 0. The van der Waals surface area contributed by atoms with Gasteiger partial charge in [0.2, 0.25) is 23.6 Å². The first-order valence-corrected chi connectivity index (χ1v) is 17.3. The molecule has 0 atom stereocenters. The summed E-state index contributed by atoms with van der Waals surface area (Å²) in [6.45, 7) is 29.3. The molecule has 1 fully saturated rings. The minimum Gasteiger partial charge on any atom is -0.353 e. The zero-order valence-corrected chi connectivity index (χ0v) is 31.3. The normalized spacial score (nSPS) is 12.1. The largest absolute Gasteiger partial charge is 0.353 e. The molecule has 0 aromatic heterocycles. The van der Waals surface area contributed by atoms with Gasteiger partial charge in [0, 0.05) is 32.7 Å². The van der Waals surface area contributed by atoms with E-state index in [4.69, 9.17) is 0 Å². The van der Waals surface area contributed by atoms with Gasteiger partial charge in [-0.05, 0) is 130 Å². The van der Waals surface area contributed by atoms with E-state index in [-0.39, 0.29) is 23.6 Å². The molecule has 0 bridgehead atoms. The summed E-state index contributed by atoms with van der Waals surface area (Å²) < 4.78 is 0. The van der Waals surface area contributed by atoms with E-state index in [0.29, 0.717) is 6.54 Å². The zero-order valence-electron chi connectivity index (χ0n) is 31.3. The summed E-state index contributed by atoms with van der Waals surface area (Å²) in [7, 11) is 7.94. The second-order valence-electron chi connectivity index (χ2n) is 11.6. The Kier molecular flexibility index (Phi) is 37.3. The zero-order chi connectivity index (χ0) is 37.0. The van der Waals surface area contributed by atoms with Gasteiger partial charge in [0.1, 0.15) is 0 Å². The van der Waals surface area contributed by atoms with Crippen molar-refractivity contribution in [3.8, 4) is 0 Å². The highest BCUT2D eigenvalue weighted by Crippen LogP contribution is 2.08. The topological polar surface area (TPSA) is 129 Å². The Bertz CT molecular complexity index is 870. The Labute approximate surface area is 293 Å². The molecular formula is C36H70N8O4. The summed E-state index contributed by atoms with van der Waals surface area (Å²) in [6, 6.07) is 0. The van der Waals surface area contributed by atoms with Crippen LogP contribution in [0.5, 0.6) is 0 Å². The number of likely N-dealkylation sites (tertiary alicyclic amines) is 1. The fourth-order valence-corrected chi connectivity index (χ4v) is 4.05. The number of carbonyl (C=O) groups excluding carboxylic acids is 4. The molecule has 0 aromatic rings. The number of hydrogen-bond donors (Lipinski definition) is 4. The van der Waals surface area contributed by atoms with Crippen LogP contribution in [0.15, 0.2) is 50.6 Å². The van der Waals surface area contributed by atoms with Gasteiger partial charge in [0.05, 0.1) is 0 Å². The molecule has 48 heavy (non-hydrogen) atoms. The van der Waals surface area contributed by atoms with E-state index in [1.165, 1.54) is 56.7 Å². The van der Waals surface area contributed by atoms with E-state index < -0.39 is 0 Å². The first-order valence-electron chi connectivity index (χ1n) is 17.3. The van der Waals surface area contributed by atoms with Crippen molar-refractivity contribution in [2.24, 2.45) is 0 Å². The smallest absolute Gasteiger partial charge is 0.243 e. The van der Waals surface area contributed by atoms with Gasteiger partial charge >= 0.3 is 0 Å². The molecule has 1 aliphatic heterocycles. The number of hydrogen-bond acceptors (Lipinski definition) is 8. The number of carbonyl (C=O) groups is 4. The maximum atomic E-state index is 10.8. The second-order valence-corrected chi connectivity index (χ2v) is 11.6. The van der Waals surface area contributed by atoms with Crippen LogP contribution in [0.1, 0.15) is 52.4 Å². The van der Waals surface area contributed by atoms with E-state index >= 15 is 0 Å². The lowest BCUT2D eigenvalue weighted by molar-refractivity contribution is -0.117. The van der Waals surface area contributed by atoms with E-state index in [0.717, 1.165) is 78.2 Å². The molecule has 1 heterocycles. The lowest BCUT2D eigenvalue weighted by atomic mass is 10.1. The van der Waals surface area contributed by atoms with Gasteiger partial charge in [-0.25, -0.2) is 0 Å². The van der Waals surface area contributed by atoms with Crippen LogP contribution in [-0.4, -0.2) is 150 Å². The third-order valence-electron chi connectivity index (χ3n) is 6.92. The monoisotopic (exact) mass is 679 g/mol. The van der Waals surface area contributed by atoms with Gasteiger partial charge in [-0.15, -0.1) is 0 Å². The maximum absolute atomic E-state index is 10.8. The molecule has 12 nitrogen and oxygen atoms in total. The minimum atomic E-state index is -0.109. The molecule has 1 rings (SSSR count). The van der Waals surface area contributed by atoms with Crippen LogP contribution in [0.2, 0.25) is 0 Å². The van der Waals surface area contributed by atoms with Crippen molar-refractivity contribution in [2.45, 2.75) is 52.4 Å². The highest BCUT2D eigenvalue weighted by atomic mass is 16.2. The van der Waals surface area contributed by atoms with Gasteiger partial charge in [-0.1, -0.05) is 46.6 Å². The number of nitrogens with zero attached hydrogens (tertiary/aromatic N) is 4. The van der Waals surface area contributed by atoms with E-state index in [1.54, 1.807) is 0 Å². The molecule has 1 aliphatic rings. The Morgan fingerprint density at radius 3 is 1.31 bits per heavy atom. The fraction of sp³-hybridized carbons (Fsp3) is 0.667. The van der Waals surface area contributed by atoms with Crippen LogP contribution in [0.3, 0.4) is 0 Å². The summed E-state index contributed by atoms with van der Waals surface area (Å²) in [5, 5.41) is 10.9. The molecule has 0 aliphatic carbocycles. The van der Waals surface area contributed by atoms with Crippen molar-refractivity contribution in [1.29, 1.82) is 0 Å². The molecule has 4 N–H and O–H groups in total. The van der Waals surface area contributed by atoms with Crippen molar-refractivity contribution in [1.82, 2.24) is 40.9 Å². The molecule has 278 valence electrons. The number of nitrogens with one attached hydrogen (secondary N) is 4. The SMILES string of the molecule is C=CC(=O)NCCCN(C)C.C=CC(=O)NCCCN(CC)CC.C=CC(=O)NCCCN1CCCCC1.C=CC(=O)NCCN(C)C. The lowest BCUT2D eigenvalue weighted by Crippen LogP contribution is -2.33. The van der Waals surface area contributed by atoms with Crippen LogP contribution >= 0.6 is 0 Å². The molecule has 1 saturated heterocycles. The van der Waals surface area contributed by atoms with Crippen molar-refractivity contribution in [3.05, 3.63) is 50.6 Å². The van der Waals surface area contributed by atoms with Crippen molar-refractivity contribution in [2.75, 3.05) is 107 Å². The van der Waals surface area contributed by atoms with Crippen LogP contribution < -0.4 is 21.3 Å². The average molecular weight is 679 g/mol. The van der Waals surface area contributed by atoms with Gasteiger partial charge < -0.3 is 40.9 Å². The predicted octanol–water partition coefficient (Wildman–Crippen LogP) is 2.28. The van der Waals surface area contributed by atoms with Gasteiger partial charge in [0.15, 0.2) is 0 Å². The second kappa shape index (κ2) is 36.5. The van der Waals surface area contributed by atoms with Gasteiger partial charge in [-0.2, -0.15) is 0 Å². The molecule has 4 amide bonds.